The van der Waals surface area contributed by atoms with Crippen LogP contribution in [0.15, 0.2) is 72.8 Å². The number of phenolic OH excluding ortho intramolecular Hbond substituents is 1. The summed E-state index contributed by atoms with van der Waals surface area (Å²) in [6.07, 6.45) is 5.26. The molecule has 1 aliphatic rings. The van der Waals surface area contributed by atoms with E-state index in [1.807, 2.05) is 54.6 Å². The van der Waals surface area contributed by atoms with Gasteiger partial charge < -0.3 is 24.8 Å². The second-order valence-corrected chi connectivity index (χ2v) is 8.75. The van der Waals surface area contributed by atoms with Crippen LogP contribution >= 0.6 is 0 Å². The molecule has 2 N–H and O–H groups in total. The van der Waals surface area contributed by atoms with Gasteiger partial charge in [-0.2, -0.15) is 5.26 Å². The van der Waals surface area contributed by atoms with Gasteiger partial charge in [0.25, 0.3) is 0 Å². The minimum Gasteiger partial charge on any atom is -0.507 e. The molecular weight excluding hydrogens is 454 g/mol. The Labute approximate surface area is 211 Å². The van der Waals surface area contributed by atoms with Gasteiger partial charge in [0.15, 0.2) is 0 Å². The molecule has 0 unspecified atom stereocenters. The summed E-state index contributed by atoms with van der Waals surface area (Å²) < 4.78 is 12.0. The van der Waals surface area contributed by atoms with Crippen molar-refractivity contribution >= 4 is 17.7 Å². The standard InChI is InChI=1S/C29H29N3O4/c1-32-16-14-26(15-17-32)36-25-11-9-24(10-12-25)35-20-23-4-2-3-5-27(23)31-29(34)13-7-21-6-8-22(19-30)28(33)18-21/h2-13,18,26,33H,14-17,20H2,1H3,(H,31,34). The Hall–Kier alpha value is -4.28. The van der Waals surface area contributed by atoms with Crippen molar-refractivity contribution in [2.45, 2.75) is 25.6 Å². The zero-order chi connectivity index (χ0) is 25.3. The lowest BCUT2D eigenvalue weighted by molar-refractivity contribution is -0.111. The van der Waals surface area contributed by atoms with Crippen LogP contribution in [-0.4, -0.2) is 42.2 Å². The second kappa shape index (κ2) is 11.9. The molecule has 0 radical (unpaired) electrons. The highest BCUT2D eigenvalue weighted by atomic mass is 16.5. The number of phenols is 1. The van der Waals surface area contributed by atoms with Crippen molar-refractivity contribution < 1.29 is 19.4 Å². The number of rotatable bonds is 8. The molecule has 3 aromatic rings. The Morgan fingerprint density at radius 1 is 1.11 bits per heavy atom. The summed E-state index contributed by atoms with van der Waals surface area (Å²) in [6, 6.07) is 21.6. The van der Waals surface area contributed by atoms with Crippen LogP contribution in [0.3, 0.4) is 0 Å². The van der Waals surface area contributed by atoms with E-state index in [1.54, 1.807) is 12.1 Å². The molecule has 7 nitrogen and oxygen atoms in total. The average molecular weight is 484 g/mol. The average Bonchev–Trinajstić information content (AvgIpc) is 2.89. The molecule has 3 aromatic carbocycles. The highest BCUT2D eigenvalue weighted by Gasteiger charge is 2.18. The van der Waals surface area contributed by atoms with Gasteiger partial charge >= 0.3 is 0 Å². The monoisotopic (exact) mass is 483 g/mol. The number of carbonyl (C=O) groups is 1. The van der Waals surface area contributed by atoms with Crippen LogP contribution in [0.25, 0.3) is 6.08 Å². The third-order valence-corrected chi connectivity index (χ3v) is 6.03. The molecule has 184 valence electrons. The third kappa shape index (κ3) is 6.87. The molecule has 1 fully saturated rings. The number of likely N-dealkylation sites (tertiary alicyclic amines) is 1. The molecule has 0 aromatic heterocycles. The van der Waals surface area contributed by atoms with Gasteiger partial charge in [0.2, 0.25) is 5.91 Å². The van der Waals surface area contributed by atoms with Crippen molar-refractivity contribution in [3.05, 3.63) is 89.5 Å². The van der Waals surface area contributed by atoms with Crippen molar-refractivity contribution in [2.75, 3.05) is 25.5 Å². The van der Waals surface area contributed by atoms with Gasteiger partial charge in [-0.3, -0.25) is 4.79 Å². The topological polar surface area (TPSA) is 94.8 Å². The van der Waals surface area contributed by atoms with Gasteiger partial charge in [0, 0.05) is 30.4 Å². The fraction of sp³-hybridized carbons (Fsp3) is 0.241. The van der Waals surface area contributed by atoms with Crippen LogP contribution < -0.4 is 14.8 Å². The van der Waals surface area contributed by atoms with E-state index in [9.17, 15) is 9.90 Å². The molecule has 4 rings (SSSR count). The minimum absolute atomic E-state index is 0.121. The van der Waals surface area contributed by atoms with Gasteiger partial charge in [-0.05, 0) is 74.0 Å². The van der Waals surface area contributed by atoms with Crippen molar-refractivity contribution in [1.29, 1.82) is 5.26 Å². The molecule has 7 heteroatoms. The number of hydrogen-bond donors (Lipinski definition) is 2. The summed E-state index contributed by atoms with van der Waals surface area (Å²) >= 11 is 0. The van der Waals surface area contributed by atoms with E-state index in [0.29, 0.717) is 23.6 Å². The highest BCUT2D eigenvalue weighted by molar-refractivity contribution is 6.02. The Morgan fingerprint density at radius 3 is 2.56 bits per heavy atom. The molecule has 0 aliphatic carbocycles. The number of nitrogens with one attached hydrogen (secondary N) is 1. The van der Waals surface area contributed by atoms with Gasteiger partial charge in [-0.15, -0.1) is 0 Å². The van der Waals surface area contributed by atoms with Gasteiger partial charge in [-0.1, -0.05) is 24.3 Å². The van der Waals surface area contributed by atoms with Crippen molar-refractivity contribution in [3.63, 3.8) is 0 Å². The molecule has 0 bridgehead atoms. The Balaban J connectivity index is 1.31. The molecule has 1 saturated heterocycles. The fourth-order valence-electron chi connectivity index (χ4n) is 3.93. The van der Waals surface area contributed by atoms with Crippen molar-refractivity contribution in [3.8, 4) is 23.3 Å². The quantitative estimate of drug-likeness (QED) is 0.440. The maximum absolute atomic E-state index is 12.5. The van der Waals surface area contributed by atoms with Crippen LogP contribution in [0.5, 0.6) is 17.2 Å². The first-order valence-corrected chi connectivity index (χ1v) is 11.9. The smallest absolute Gasteiger partial charge is 0.248 e. The molecule has 1 aliphatic heterocycles. The molecule has 36 heavy (non-hydrogen) atoms. The van der Waals surface area contributed by atoms with Crippen LogP contribution in [0, 0.1) is 11.3 Å². The number of nitrogens with zero attached hydrogens (tertiary/aromatic N) is 2. The predicted octanol–water partition coefficient (Wildman–Crippen LogP) is 4.97. The first-order valence-electron chi connectivity index (χ1n) is 11.9. The number of amides is 1. The number of nitriles is 1. The number of hydrogen-bond acceptors (Lipinski definition) is 6. The number of aromatic hydroxyl groups is 1. The van der Waals surface area contributed by atoms with Crippen molar-refractivity contribution in [1.82, 2.24) is 4.90 Å². The number of ether oxygens (including phenoxy) is 2. The zero-order valence-corrected chi connectivity index (χ0v) is 20.2. The second-order valence-electron chi connectivity index (χ2n) is 8.75. The maximum Gasteiger partial charge on any atom is 0.248 e. The third-order valence-electron chi connectivity index (χ3n) is 6.03. The van der Waals surface area contributed by atoms with E-state index >= 15 is 0 Å². The summed E-state index contributed by atoms with van der Waals surface area (Å²) in [5, 5.41) is 21.6. The summed E-state index contributed by atoms with van der Waals surface area (Å²) in [6.45, 7) is 2.39. The first-order chi connectivity index (χ1) is 17.5. The molecule has 0 saturated carbocycles. The summed E-state index contributed by atoms with van der Waals surface area (Å²) in [5.41, 5.74) is 2.28. The van der Waals surface area contributed by atoms with E-state index in [-0.39, 0.29) is 23.3 Å². The number of piperidine rings is 1. The maximum atomic E-state index is 12.5. The van der Waals surface area contributed by atoms with E-state index in [0.717, 1.165) is 37.2 Å². The number of benzene rings is 3. The number of anilines is 1. The minimum atomic E-state index is -0.318. The summed E-state index contributed by atoms with van der Waals surface area (Å²) in [7, 11) is 2.13. The van der Waals surface area contributed by atoms with E-state index < -0.39 is 0 Å². The molecule has 0 spiro atoms. The summed E-state index contributed by atoms with van der Waals surface area (Å²) in [4.78, 5) is 14.8. The number of carbonyl (C=O) groups excluding carboxylic acids is 1. The Kier molecular flexibility index (Phi) is 8.22. The lowest BCUT2D eigenvalue weighted by atomic mass is 10.1. The number of para-hydroxylation sites is 1. The molecule has 1 heterocycles. The zero-order valence-electron chi connectivity index (χ0n) is 20.2. The van der Waals surface area contributed by atoms with Gasteiger partial charge in [0.05, 0.1) is 5.56 Å². The van der Waals surface area contributed by atoms with E-state index in [2.05, 4.69) is 17.3 Å². The first kappa shape index (κ1) is 24.8. The molecular formula is C29H29N3O4. The van der Waals surface area contributed by atoms with Gasteiger partial charge in [0.1, 0.15) is 36.0 Å². The van der Waals surface area contributed by atoms with Crippen molar-refractivity contribution in [2.24, 2.45) is 0 Å². The Bertz CT molecular complexity index is 1260. The lowest BCUT2D eigenvalue weighted by Gasteiger charge is -2.29. The summed E-state index contributed by atoms with van der Waals surface area (Å²) in [5.74, 6) is 1.12. The predicted molar refractivity (Wildman–Crippen MR) is 139 cm³/mol. The van der Waals surface area contributed by atoms with E-state index in [1.165, 1.54) is 18.2 Å². The lowest BCUT2D eigenvalue weighted by Crippen LogP contribution is -2.35. The van der Waals surface area contributed by atoms with Crippen LogP contribution in [-0.2, 0) is 11.4 Å². The fourth-order valence-corrected chi connectivity index (χ4v) is 3.93. The van der Waals surface area contributed by atoms with Crippen LogP contribution in [0.1, 0.15) is 29.5 Å². The SMILES string of the molecule is CN1CCC(Oc2ccc(OCc3ccccc3NC(=O)C=Cc3ccc(C#N)c(O)c3)cc2)CC1. The van der Waals surface area contributed by atoms with Crippen LogP contribution in [0.2, 0.25) is 0 Å². The Morgan fingerprint density at radius 2 is 1.83 bits per heavy atom. The molecule has 1 amide bonds. The normalized spacial score (nSPS) is 14.3. The highest BCUT2D eigenvalue weighted by Crippen LogP contribution is 2.24. The van der Waals surface area contributed by atoms with E-state index in [4.69, 9.17) is 14.7 Å². The van der Waals surface area contributed by atoms with Gasteiger partial charge in [-0.25, -0.2) is 0 Å². The molecule has 0 atom stereocenters. The van der Waals surface area contributed by atoms with Crippen LogP contribution in [0.4, 0.5) is 5.69 Å². The largest absolute Gasteiger partial charge is 0.507 e.